The van der Waals surface area contributed by atoms with E-state index in [4.69, 9.17) is 9.97 Å². The Morgan fingerprint density at radius 3 is 2.32 bits per heavy atom. The van der Waals surface area contributed by atoms with Crippen LogP contribution in [0.1, 0.15) is 25.0 Å². The van der Waals surface area contributed by atoms with E-state index in [9.17, 15) is 22.0 Å². The van der Waals surface area contributed by atoms with Crippen molar-refractivity contribution in [3.05, 3.63) is 96.2 Å². The van der Waals surface area contributed by atoms with Crippen molar-refractivity contribution in [3.8, 4) is 11.3 Å². The first kappa shape index (κ1) is 32.5. The van der Waals surface area contributed by atoms with Gasteiger partial charge in [0.1, 0.15) is 11.6 Å². The normalized spacial score (nSPS) is 17.2. The molecule has 9 nitrogen and oxygen atoms in total. The van der Waals surface area contributed by atoms with E-state index in [1.54, 1.807) is 12.1 Å². The minimum atomic E-state index is -3.95. The summed E-state index contributed by atoms with van der Waals surface area (Å²) in [6.07, 6.45) is 1.42. The maximum absolute atomic E-state index is 14.5. The summed E-state index contributed by atoms with van der Waals surface area (Å²) < 4.78 is 55.9. The molecule has 0 radical (unpaired) electrons. The van der Waals surface area contributed by atoms with Gasteiger partial charge in [-0.05, 0) is 73.9 Å². The molecule has 0 N–H and O–H groups in total. The summed E-state index contributed by atoms with van der Waals surface area (Å²) >= 11 is 0. The third-order valence-electron chi connectivity index (χ3n) is 8.80. The SMILES string of the molecule is CN(C)c1cccc(-c2cc(CCC(=O)[C@@H]3CCCN3S(=O)(=O)c3ccc(F)cc3)nc(N3CCN(c4ccccc4F)CC3)n2)c1. The fourth-order valence-electron chi connectivity index (χ4n) is 6.21. The number of carbonyl (C=O) groups is 1. The van der Waals surface area contributed by atoms with Crippen LogP contribution in [0.3, 0.4) is 0 Å². The first-order valence-electron chi connectivity index (χ1n) is 15.8. The number of ketones is 1. The molecule has 1 atom stereocenters. The van der Waals surface area contributed by atoms with Gasteiger partial charge in [-0.15, -0.1) is 0 Å². The molecule has 12 heteroatoms. The highest BCUT2D eigenvalue weighted by atomic mass is 32.2. The summed E-state index contributed by atoms with van der Waals surface area (Å²) in [5.41, 5.74) is 3.89. The van der Waals surface area contributed by atoms with Crippen LogP contribution in [-0.4, -0.2) is 81.3 Å². The Hall–Kier alpha value is -4.42. The summed E-state index contributed by atoms with van der Waals surface area (Å²) in [5, 5.41) is 0. The van der Waals surface area contributed by atoms with Crippen molar-refractivity contribution in [2.45, 2.75) is 36.6 Å². The van der Waals surface area contributed by atoms with Gasteiger partial charge in [0, 0.05) is 70.2 Å². The van der Waals surface area contributed by atoms with Crippen LogP contribution >= 0.6 is 0 Å². The molecule has 2 aliphatic rings. The fraction of sp³-hybridized carbons (Fsp3) is 0.343. The first-order valence-corrected chi connectivity index (χ1v) is 17.2. The molecule has 2 fully saturated rings. The number of hydrogen-bond donors (Lipinski definition) is 0. The number of aryl methyl sites for hydroxylation is 1. The highest BCUT2D eigenvalue weighted by molar-refractivity contribution is 7.89. The minimum Gasteiger partial charge on any atom is -0.378 e. The summed E-state index contributed by atoms with van der Waals surface area (Å²) in [6.45, 7) is 2.61. The lowest BCUT2D eigenvalue weighted by Gasteiger charge is -2.36. The van der Waals surface area contributed by atoms with Crippen molar-refractivity contribution < 1.29 is 22.0 Å². The highest BCUT2D eigenvalue weighted by Crippen LogP contribution is 2.30. The third kappa shape index (κ3) is 7.13. The first-order chi connectivity index (χ1) is 22.6. The number of benzene rings is 3. The van der Waals surface area contributed by atoms with Crippen LogP contribution in [0.25, 0.3) is 11.3 Å². The standard InChI is InChI=1S/C35H38F2N6O3S/c1-40(2)28-8-5-7-25(23-28)31-24-27(38-35(39-31)42-21-19-41(20-22-42)32-10-4-3-9-30(32)37)14-17-34(44)33-11-6-18-43(33)47(45,46)29-15-12-26(36)13-16-29/h3-5,7-10,12-13,15-16,23-24,33H,6,11,14,17-22H2,1-2H3/t33-/m0/s1. The highest BCUT2D eigenvalue weighted by Gasteiger charge is 2.39. The average Bonchev–Trinajstić information content (AvgIpc) is 3.59. The number of hydrogen-bond acceptors (Lipinski definition) is 8. The van der Waals surface area contributed by atoms with Crippen LogP contribution in [0, 0.1) is 11.6 Å². The van der Waals surface area contributed by atoms with E-state index in [0.717, 1.165) is 29.1 Å². The molecule has 4 aromatic rings. The average molecular weight is 661 g/mol. The van der Waals surface area contributed by atoms with E-state index in [1.165, 1.54) is 22.5 Å². The molecule has 0 amide bonds. The van der Waals surface area contributed by atoms with Crippen LogP contribution in [-0.2, 0) is 21.2 Å². The number of rotatable bonds is 10. The van der Waals surface area contributed by atoms with E-state index >= 15 is 0 Å². The zero-order valence-electron chi connectivity index (χ0n) is 26.5. The number of Topliss-reactive ketones (excluding diaryl/α,β-unsaturated/α-hetero) is 1. The molecule has 1 aromatic heterocycles. The second-order valence-corrected chi connectivity index (χ2v) is 14.0. The predicted octanol–water partition coefficient (Wildman–Crippen LogP) is 5.17. The van der Waals surface area contributed by atoms with Crippen LogP contribution in [0.15, 0.2) is 83.8 Å². The molecule has 3 heterocycles. The van der Waals surface area contributed by atoms with Gasteiger partial charge in [-0.25, -0.2) is 27.2 Å². The molecule has 0 bridgehead atoms. The minimum absolute atomic E-state index is 0.0289. The van der Waals surface area contributed by atoms with Crippen molar-refractivity contribution in [1.29, 1.82) is 0 Å². The molecule has 0 spiro atoms. The van der Waals surface area contributed by atoms with Gasteiger partial charge < -0.3 is 14.7 Å². The van der Waals surface area contributed by atoms with E-state index in [2.05, 4.69) is 4.90 Å². The monoisotopic (exact) mass is 660 g/mol. The molecule has 3 aromatic carbocycles. The van der Waals surface area contributed by atoms with Gasteiger partial charge in [-0.1, -0.05) is 24.3 Å². The van der Waals surface area contributed by atoms with E-state index in [0.29, 0.717) is 62.8 Å². The van der Waals surface area contributed by atoms with Crippen LogP contribution in [0.4, 0.5) is 26.1 Å². The Labute approximate surface area is 274 Å². The lowest BCUT2D eigenvalue weighted by molar-refractivity contribution is -0.122. The van der Waals surface area contributed by atoms with Gasteiger partial charge in [-0.3, -0.25) is 4.79 Å². The van der Waals surface area contributed by atoms with Gasteiger partial charge in [0.2, 0.25) is 16.0 Å². The lowest BCUT2D eigenvalue weighted by Crippen LogP contribution is -2.47. The number of anilines is 3. The van der Waals surface area contributed by atoms with Gasteiger partial charge in [0.05, 0.1) is 22.3 Å². The van der Waals surface area contributed by atoms with Crippen molar-refractivity contribution in [1.82, 2.24) is 14.3 Å². The smallest absolute Gasteiger partial charge is 0.243 e. The predicted molar refractivity (Wildman–Crippen MR) is 179 cm³/mol. The quantitative estimate of drug-likeness (QED) is 0.230. The zero-order chi connectivity index (χ0) is 33.1. The maximum Gasteiger partial charge on any atom is 0.243 e. The van der Waals surface area contributed by atoms with E-state index in [1.807, 2.05) is 60.3 Å². The van der Waals surface area contributed by atoms with Gasteiger partial charge >= 0.3 is 0 Å². The number of sulfonamides is 1. The number of para-hydroxylation sites is 1. The lowest BCUT2D eigenvalue weighted by atomic mass is 10.0. The Morgan fingerprint density at radius 1 is 0.872 bits per heavy atom. The fourth-order valence-corrected chi connectivity index (χ4v) is 7.89. The van der Waals surface area contributed by atoms with Crippen LogP contribution in [0.2, 0.25) is 0 Å². The Balaban J connectivity index is 1.23. The largest absolute Gasteiger partial charge is 0.378 e. The van der Waals surface area contributed by atoms with Crippen LogP contribution in [0.5, 0.6) is 0 Å². The number of carbonyl (C=O) groups excluding carboxylic acids is 1. The van der Waals surface area contributed by atoms with Gasteiger partial charge in [-0.2, -0.15) is 4.31 Å². The number of piperazine rings is 1. The molecular weight excluding hydrogens is 622 g/mol. The molecule has 0 aliphatic carbocycles. The van der Waals surface area contributed by atoms with Crippen molar-refractivity contribution in [2.75, 3.05) is 61.5 Å². The van der Waals surface area contributed by atoms with Gasteiger partial charge in [0.15, 0.2) is 5.78 Å². The van der Waals surface area contributed by atoms with Crippen molar-refractivity contribution >= 4 is 33.1 Å². The number of nitrogens with zero attached hydrogens (tertiary/aromatic N) is 6. The zero-order valence-corrected chi connectivity index (χ0v) is 27.3. The molecule has 2 aliphatic heterocycles. The molecule has 0 saturated carbocycles. The van der Waals surface area contributed by atoms with E-state index in [-0.39, 0.29) is 29.5 Å². The molecule has 47 heavy (non-hydrogen) atoms. The molecule has 0 unspecified atom stereocenters. The Bertz CT molecular complexity index is 1850. The van der Waals surface area contributed by atoms with E-state index < -0.39 is 21.9 Å². The van der Waals surface area contributed by atoms with Crippen molar-refractivity contribution in [3.63, 3.8) is 0 Å². The Morgan fingerprint density at radius 2 is 1.60 bits per heavy atom. The number of halogens is 2. The summed E-state index contributed by atoms with van der Waals surface area (Å²) in [6, 6.07) is 20.6. The number of aromatic nitrogens is 2. The van der Waals surface area contributed by atoms with Crippen molar-refractivity contribution in [2.24, 2.45) is 0 Å². The third-order valence-corrected chi connectivity index (χ3v) is 10.7. The Kier molecular flexibility index (Phi) is 9.51. The summed E-state index contributed by atoms with van der Waals surface area (Å²) in [5.74, 6) is -0.419. The molecule has 246 valence electrons. The summed E-state index contributed by atoms with van der Waals surface area (Å²) in [4.78, 5) is 29.4. The maximum atomic E-state index is 14.5. The second kappa shape index (κ2) is 13.7. The second-order valence-electron chi connectivity index (χ2n) is 12.1. The molecule has 6 rings (SSSR count). The molecular formula is C35H38F2N6O3S. The van der Waals surface area contributed by atoms with Gasteiger partial charge in [0.25, 0.3) is 0 Å². The summed E-state index contributed by atoms with van der Waals surface area (Å²) in [7, 11) is -0.0102. The molecule has 2 saturated heterocycles. The van der Waals surface area contributed by atoms with Crippen LogP contribution < -0.4 is 14.7 Å². The topological polar surface area (TPSA) is 90.0 Å².